The molecule has 0 spiro atoms. The van der Waals surface area contributed by atoms with E-state index >= 15 is 0 Å². The molecule has 3 aromatic rings. The SMILES string of the molecule is C1CCOC1.C1CCOC1.CC(C)c1cccc(C(C)C)c1O.CC(C)c1cccc(C(C)C)c1O.CC(C)c1cccc(C(C)C)c1O.[Sm]. The third kappa shape index (κ3) is 17.2. The number of phenolic OH excluding ortho intramolecular Hbond substituents is 3. The van der Waals surface area contributed by atoms with E-state index in [2.05, 4.69) is 83.1 Å². The summed E-state index contributed by atoms with van der Waals surface area (Å²) in [5.74, 6) is 3.76. The van der Waals surface area contributed by atoms with Crippen LogP contribution in [-0.4, -0.2) is 41.7 Å². The number of rotatable bonds is 6. The molecule has 5 nitrogen and oxygen atoms in total. The van der Waals surface area contributed by atoms with Crippen LogP contribution in [0.1, 0.15) is 178 Å². The van der Waals surface area contributed by atoms with Gasteiger partial charge < -0.3 is 24.8 Å². The zero-order chi connectivity index (χ0) is 37.1. The molecule has 0 radical (unpaired) electrons. The molecule has 3 aromatic carbocycles. The summed E-state index contributed by atoms with van der Waals surface area (Å²) in [6.45, 7) is 29.2. The van der Waals surface area contributed by atoms with Crippen molar-refractivity contribution < 1.29 is 65.2 Å². The smallest absolute Gasteiger partial charge is 0.122 e. The summed E-state index contributed by atoms with van der Waals surface area (Å²) in [7, 11) is 0. The number of ether oxygens (including phenoxy) is 2. The maximum Gasteiger partial charge on any atom is 0.122 e. The molecule has 0 atom stereocenters. The van der Waals surface area contributed by atoms with Gasteiger partial charge in [0.25, 0.3) is 0 Å². The van der Waals surface area contributed by atoms with Crippen LogP contribution in [0.5, 0.6) is 17.2 Å². The van der Waals surface area contributed by atoms with Gasteiger partial charge in [-0.1, -0.05) is 138 Å². The zero-order valence-electron chi connectivity index (χ0n) is 33.4. The van der Waals surface area contributed by atoms with Crippen LogP contribution in [0.2, 0.25) is 0 Å². The monoisotopic (exact) mass is 830 g/mol. The van der Waals surface area contributed by atoms with Crippen LogP contribution in [-0.2, 0) is 9.47 Å². The first-order chi connectivity index (χ1) is 23.1. The first kappa shape index (κ1) is 48.3. The second kappa shape index (κ2) is 26.1. The van der Waals surface area contributed by atoms with Gasteiger partial charge in [0.2, 0.25) is 0 Å². The van der Waals surface area contributed by atoms with Crippen molar-refractivity contribution in [3.63, 3.8) is 0 Å². The number of benzene rings is 3. The normalized spacial score (nSPS) is 13.6. The molecular weight excluding hydrogens is 759 g/mol. The van der Waals surface area contributed by atoms with Crippen molar-refractivity contribution >= 4 is 0 Å². The molecule has 2 aliphatic heterocycles. The summed E-state index contributed by atoms with van der Waals surface area (Å²) in [5, 5.41) is 29.8. The fourth-order valence-corrected chi connectivity index (χ4v) is 5.56. The molecule has 0 aliphatic carbocycles. The van der Waals surface area contributed by atoms with Crippen molar-refractivity contribution in [1.29, 1.82) is 0 Å². The average Bonchev–Trinajstić information content (AvgIpc) is 3.82. The average molecular weight is 829 g/mol. The Morgan fingerprint density at radius 2 is 0.520 bits per heavy atom. The minimum Gasteiger partial charge on any atom is -0.507 e. The Balaban J connectivity index is 0.000000625. The van der Waals surface area contributed by atoms with Crippen LogP contribution in [0.3, 0.4) is 0 Å². The van der Waals surface area contributed by atoms with Gasteiger partial charge in [0.1, 0.15) is 17.2 Å². The molecule has 3 N–H and O–H groups in total. The molecule has 2 fully saturated rings. The molecule has 0 bridgehead atoms. The van der Waals surface area contributed by atoms with Crippen LogP contribution in [0.4, 0.5) is 0 Å². The number of phenols is 3. The molecule has 50 heavy (non-hydrogen) atoms. The Labute approximate surface area is 338 Å². The molecule has 0 aromatic heterocycles. The minimum absolute atomic E-state index is 0. The van der Waals surface area contributed by atoms with E-state index < -0.39 is 0 Å². The van der Waals surface area contributed by atoms with Gasteiger partial charge in [0.15, 0.2) is 0 Å². The largest absolute Gasteiger partial charge is 0.507 e. The van der Waals surface area contributed by atoms with Gasteiger partial charge in [0, 0.05) is 66.8 Å². The summed E-state index contributed by atoms with van der Waals surface area (Å²) in [5.41, 5.74) is 6.28. The molecule has 6 heteroatoms. The first-order valence-electron chi connectivity index (χ1n) is 18.7. The summed E-state index contributed by atoms with van der Waals surface area (Å²) < 4.78 is 9.89. The van der Waals surface area contributed by atoms with Gasteiger partial charge in [0.05, 0.1) is 0 Å². The molecule has 0 unspecified atom stereocenters. The summed E-state index contributed by atoms with van der Waals surface area (Å²) in [6.07, 6.45) is 5.11. The summed E-state index contributed by atoms with van der Waals surface area (Å²) in [4.78, 5) is 0. The Morgan fingerprint density at radius 3 is 0.620 bits per heavy atom. The second-order valence-electron chi connectivity index (χ2n) is 14.9. The molecule has 0 saturated carbocycles. The van der Waals surface area contributed by atoms with Crippen molar-refractivity contribution in [2.45, 2.75) is 144 Å². The second-order valence-corrected chi connectivity index (χ2v) is 14.9. The predicted molar refractivity (Wildman–Crippen MR) is 209 cm³/mol. The van der Waals surface area contributed by atoms with E-state index in [1.807, 2.05) is 54.6 Å². The quantitative estimate of drug-likeness (QED) is 0.231. The third-order valence-corrected chi connectivity index (χ3v) is 8.68. The summed E-state index contributed by atoms with van der Waals surface area (Å²) >= 11 is 0. The van der Waals surface area contributed by atoms with Crippen molar-refractivity contribution in [2.24, 2.45) is 0 Å². The van der Waals surface area contributed by atoms with Crippen LogP contribution in [0.25, 0.3) is 0 Å². The molecule has 282 valence electrons. The van der Waals surface area contributed by atoms with Crippen LogP contribution < -0.4 is 0 Å². The van der Waals surface area contributed by atoms with E-state index in [0.29, 0.717) is 52.8 Å². The predicted octanol–water partition coefficient (Wildman–Crippen LogP) is 12.5. The molecule has 2 heterocycles. The first-order valence-corrected chi connectivity index (χ1v) is 18.7. The number of hydrogen-bond donors (Lipinski definition) is 3. The molecule has 5 rings (SSSR count). The molecule has 2 saturated heterocycles. The van der Waals surface area contributed by atoms with Crippen molar-refractivity contribution in [3.8, 4) is 17.2 Å². The van der Waals surface area contributed by atoms with Gasteiger partial charge in [-0.05, 0) is 94.6 Å². The van der Waals surface area contributed by atoms with E-state index in [0.717, 1.165) is 59.8 Å². The Hall–Kier alpha value is -1.68. The fraction of sp³-hybridized carbons (Fsp3) is 0.591. The van der Waals surface area contributed by atoms with Crippen molar-refractivity contribution in [3.05, 3.63) is 88.0 Å². The van der Waals surface area contributed by atoms with E-state index in [4.69, 9.17) is 9.47 Å². The molecule has 0 amide bonds. The molecular formula is C44H70O5Sm. The number of hydrogen-bond acceptors (Lipinski definition) is 5. The van der Waals surface area contributed by atoms with Gasteiger partial charge in [-0.3, -0.25) is 0 Å². The van der Waals surface area contributed by atoms with E-state index in [-0.39, 0.29) is 40.4 Å². The summed E-state index contributed by atoms with van der Waals surface area (Å²) in [6, 6.07) is 18.0. The standard InChI is InChI=1S/3C12H18O.2C4H8O.Sm/c3*1-8(2)10-6-5-7-11(9(3)4)12(10)13;2*1-2-4-5-3-1;/h3*5-9,13H,1-4H3;2*1-4H2;. The maximum absolute atomic E-state index is 9.93. The molecule has 2 aliphatic rings. The van der Waals surface area contributed by atoms with Crippen LogP contribution in [0.15, 0.2) is 54.6 Å². The van der Waals surface area contributed by atoms with E-state index in [9.17, 15) is 15.3 Å². The topological polar surface area (TPSA) is 79.2 Å². The third-order valence-electron chi connectivity index (χ3n) is 8.68. The van der Waals surface area contributed by atoms with Gasteiger partial charge in [-0.15, -0.1) is 0 Å². The number of para-hydroxylation sites is 3. The van der Waals surface area contributed by atoms with E-state index in [1.54, 1.807) is 0 Å². The van der Waals surface area contributed by atoms with Crippen LogP contribution in [0, 0.1) is 40.4 Å². The van der Waals surface area contributed by atoms with Gasteiger partial charge >= 0.3 is 0 Å². The Bertz CT molecular complexity index is 1070. The fourth-order valence-electron chi connectivity index (χ4n) is 5.56. The van der Waals surface area contributed by atoms with Crippen LogP contribution >= 0.6 is 0 Å². The Morgan fingerprint density at radius 1 is 0.360 bits per heavy atom. The maximum atomic E-state index is 9.93. The van der Waals surface area contributed by atoms with E-state index in [1.165, 1.54) is 25.7 Å². The zero-order valence-corrected chi connectivity index (χ0v) is 36.0. The minimum atomic E-state index is 0. The van der Waals surface area contributed by atoms with Gasteiger partial charge in [-0.25, -0.2) is 0 Å². The number of aromatic hydroxyl groups is 3. The van der Waals surface area contributed by atoms with Crippen molar-refractivity contribution in [1.82, 2.24) is 0 Å². The Kier molecular flexibility index (Phi) is 25.3. The van der Waals surface area contributed by atoms with Crippen molar-refractivity contribution in [2.75, 3.05) is 26.4 Å². The van der Waals surface area contributed by atoms with Gasteiger partial charge in [-0.2, -0.15) is 0 Å².